The van der Waals surface area contributed by atoms with E-state index in [0.717, 1.165) is 73.9 Å². The molecule has 0 heterocycles. The first-order chi connectivity index (χ1) is 24.0. The van der Waals surface area contributed by atoms with Crippen molar-refractivity contribution in [3.8, 4) is 11.5 Å². The molecule has 4 rings (SSSR count). The van der Waals surface area contributed by atoms with Gasteiger partial charge in [-0.15, -0.1) is 0 Å². The van der Waals surface area contributed by atoms with Crippen LogP contribution in [0.25, 0.3) is 23.3 Å². The van der Waals surface area contributed by atoms with Gasteiger partial charge < -0.3 is 9.47 Å². The van der Waals surface area contributed by atoms with Gasteiger partial charge in [-0.2, -0.15) is 8.78 Å². The summed E-state index contributed by atoms with van der Waals surface area (Å²) in [6.45, 7) is 7.59. The maximum Gasteiger partial charge on any atom is 0.201 e. The van der Waals surface area contributed by atoms with Gasteiger partial charge >= 0.3 is 0 Å². The minimum atomic E-state index is -1.48. The van der Waals surface area contributed by atoms with E-state index in [1.807, 2.05) is 6.92 Å². The van der Waals surface area contributed by atoms with Gasteiger partial charge in [-0.05, 0) is 68.5 Å². The van der Waals surface area contributed by atoms with Crippen molar-refractivity contribution in [2.75, 3.05) is 13.2 Å². The molecule has 0 atom stereocenters. The zero-order chi connectivity index (χ0) is 36.8. The third kappa shape index (κ3) is 10.2. The van der Waals surface area contributed by atoms with Gasteiger partial charge in [0.2, 0.25) is 11.6 Å². The van der Waals surface area contributed by atoms with Crippen LogP contribution in [0.2, 0.25) is 0 Å². The highest BCUT2D eigenvalue weighted by molar-refractivity contribution is 5.84. The van der Waals surface area contributed by atoms with E-state index < -0.39 is 57.7 Å². The number of hydrogen-bond donors (Lipinski definition) is 0. The molecule has 0 saturated heterocycles. The highest BCUT2D eigenvalue weighted by atomic mass is 19.2. The Bertz CT molecular complexity index is 1760. The van der Waals surface area contributed by atoms with Crippen LogP contribution < -0.4 is 9.47 Å². The second-order valence-electron chi connectivity index (χ2n) is 11.2. The maximum absolute atomic E-state index is 14.4. The van der Waals surface area contributed by atoms with Gasteiger partial charge in [0, 0.05) is 11.1 Å². The Hall–Kier alpha value is -4.60. The Morgan fingerprint density at radius 3 is 1.20 bits per heavy atom. The summed E-state index contributed by atoms with van der Waals surface area (Å²) < 4.78 is 123. The molecule has 0 fully saturated rings. The van der Waals surface area contributed by atoms with Crippen molar-refractivity contribution in [2.45, 2.75) is 66.2 Å². The maximum atomic E-state index is 14.4. The van der Waals surface area contributed by atoms with Crippen LogP contribution in [-0.4, -0.2) is 13.2 Å². The summed E-state index contributed by atoms with van der Waals surface area (Å²) in [4.78, 5) is 0. The highest BCUT2D eigenvalue weighted by Gasteiger charge is 2.22. The van der Waals surface area contributed by atoms with Crippen LogP contribution in [0.5, 0.6) is 11.5 Å². The van der Waals surface area contributed by atoms with Crippen LogP contribution in [0.3, 0.4) is 0 Å². The summed E-state index contributed by atoms with van der Waals surface area (Å²) in [5.74, 6) is -11.6. The molecule has 50 heavy (non-hydrogen) atoms. The lowest BCUT2D eigenvalue weighted by atomic mass is 10.0. The number of aryl methyl sites for hydroxylation is 2. The first kappa shape index (κ1) is 39.8. The van der Waals surface area contributed by atoms with Gasteiger partial charge in [0.1, 0.15) is 0 Å². The first-order valence-electron chi connectivity index (χ1n) is 16.5. The Morgan fingerprint density at radius 1 is 0.440 bits per heavy atom. The van der Waals surface area contributed by atoms with Crippen LogP contribution >= 0.6 is 0 Å². The SMILES string of the molecule is CCCCCc1ccc(/C(F)=C(\F)c2ccc(OCC)c(F)c2F)cc1.CCCc1ccc(/C(F)=C(\F)c2ccc(OCC)c(F)c2F)cc1. The van der Waals surface area contributed by atoms with E-state index in [1.54, 1.807) is 38.1 Å². The monoisotopic (exact) mass is 704 g/mol. The molecule has 0 saturated carbocycles. The molecule has 0 N–H and O–H groups in total. The second kappa shape index (κ2) is 19.6. The Balaban J connectivity index is 0.000000271. The van der Waals surface area contributed by atoms with E-state index in [9.17, 15) is 35.1 Å². The number of benzene rings is 4. The lowest BCUT2D eigenvalue weighted by Crippen LogP contribution is -2.00. The second-order valence-corrected chi connectivity index (χ2v) is 11.2. The predicted octanol–water partition coefficient (Wildman–Crippen LogP) is 12.9. The fraction of sp³-hybridized carbons (Fsp3) is 0.300. The van der Waals surface area contributed by atoms with E-state index >= 15 is 0 Å². The zero-order valence-corrected chi connectivity index (χ0v) is 28.4. The van der Waals surface area contributed by atoms with Gasteiger partial charge in [0.25, 0.3) is 0 Å². The molecule has 0 aliphatic heterocycles. The summed E-state index contributed by atoms with van der Waals surface area (Å²) in [6.07, 6.45) is 5.85. The average Bonchev–Trinajstić information content (AvgIpc) is 3.12. The number of ether oxygens (including phenoxy) is 2. The molecule has 0 spiro atoms. The third-order valence-electron chi connectivity index (χ3n) is 7.57. The summed E-state index contributed by atoms with van der Waals surface area (Å²) in [7, 11) is 0. The van der Waals surface area contributed by atoms with Crippen LogP contribution in [0.1, 0.15) is 86.8 Å². The topological polar surface area (TPSA) is 18.5 Å². The Kier molecular flexibility index (Phi) is 15.6. The molecular formula is C40H40F8O2. The quantitative estimate of drug-likeness (QED) is 0.0739. The van der Waals surface area contributed by atoms with Crippen molar-refractivity contribution in [1.82, 2.24) is 0 Å². The van der Waals surface area contributed by atoms with E-state index in [-0.39, 0.29) is 35.8 Å². The minimum absolute atomic E-state index is 0.0181. The van der Waals surface area contributed by atoms with Crippen molar-refractivity contribution in [2.24, 2.45) is 0 Å². The lowest BCUT2D eigenvalue weighted by molar-refractivity contribution is 0.313. The normalized spacial score (nSPS) is 12.1. The average molecular weight is 705 g/mol. The smallest absolute Gasteiger partial charge is 0.201 e. The van der Waals surface area contributed by atoms with Crippen molar-refractivity contribution >= 4 is 23.3 Å². The summed E-state index contributed by atoms with van der Waals surface area (Å²) in [5, 5.41) is 0. The Morgan fingerprint density at radius 2 is 0.840 bits per heavy atom. The number of hydrogen-bond acceptors (Lipinski definition) is 2. The number of unbranched alkanes of at least 4 members (excludes halogenated alkanes) is 2. The van der Waals surface area contributed by atoms with Crippen molar-refractivity contribution in [3.63, 3.8) is 0 Å². The molecule has 2 nitrogen and oxygen atoms in total. The van der Waals surface area contributed by atoms with E-state index in [2.05, 4.69) is 6.92 Å². The molecule has 0 aliphatic carbocycles. The fourth-order valence-electron chi connectivity index (χ4n) is 4.93. The molecule has 0 unspecified atom stereocenters. The van der Waals surface area contributed by atoms with Crippen molar-refractivity contribution < 1.29 is 44.6 Å². The molecule has 4 aromatic carbocycles. The Labute approximate surface area is 288 Å². The molecular weight excluding hydrogens is 664 g/mol. The highest BCUT2D eigenvalue weighted by Crippen LogP contribution is 2.35. The van der Waals surface area contributed by atoms with Crippen molar-refractivity contribution in [1.29, 1.82) is 0 Å². The standard InChI is InChI=1S/C21H22F4O.C19H18F4O/c1-3-5-6-7-14-8-10-15(11-9-14)18(22)19(23)16-12-13-17(26-4-2)21(25)20(16)24;1-3-5-12-6-8-13(9-7-12)16(20)17(21)14-10-11-15(24-4-2)19(23)18(14)22/h8-13H,3-7H2,1-2H3;6-11H,3-5H2,1-2H3/b19-18+;17-16+. The summed E-state index contributed by atoms with van der Waals surface area (Å²) >= 11 is 0. The van der Waals surface area contributed by atoms with E-state index in [4.69, 9.17) is 9.47 Å². The lowest BCUT2D eigenvalue weighted by Gasteiger charge is -2.09. The largest absolute Gasteiger partial charge is 0.491 e. The van der Waals surface area contributed by atoms with Crippen LogP contribution in [0.15, 0.2) is 72.8 Å². The van der Waals surface area contributed by atoms with Gasteiger partial charge in [0.05, 0.1) is 24.3 Å². The fourth-order valence-corrected chi connectivity index (χ4v) is 4.93. The molecule has 0 aromatic heterocycles. The first-order valence-corrected chi connectivity index (χ1v) is 16.5. The van der Waals surface area contributed by atoms with E-state index in [0.29, 0.717) is 0 Å². The summed E-state index contributed by atoms with van der Waals surface area (Å²) in [6, 6.07) is 16.6. The molecule has 0 radical (unpaired) electrons. The zero-order valence-electron chi connectivity index (χ0n) is 28.4. The number of rotatable bonds is 14. The van der Waals surface area contributed by atoms with Crippen LogP contribution in [0, 0.1) is 23.3 Å². The predicted molar refractivity (Wildman–Crippen MR) is 183 cm³/mol. The molecule has 4 aromatic rings. The van der Waals surface area contributed by atoms with Gasteiger partial charge in [-0.25, -0.2) is 26.3 Å². The molecule has 0 aliphatic rings. The van der Waals surface area contributed by atoms with Crippen molar-refractivity contribution in [3.05, 3.63) is 129 Å². The van der Waals surface area contributed by atoms with E-state index in [1.165, 1.54) is 24.3 Å². The molecule has 0 bridgehead atoms. The number of halogens is 8. The molecule has 268 valence electrons. The van der Waals surface area contributed by atoms with Gasteiger partial charge in [-0.1, -0.05) is 81.6 Å². The molecule has 10 heteroatoms. The third-order valence-corrected chi connectivity index (χ3v) is 7.57. The summed E-state index contributed by atoms with van der Waals surface area (Å²) in [5.41, 5.74) is 0.430. The van der Waals surface area contributed by atoms with Gasteiger partial charge in [0.15, 0.2) is 46.4 Å². The van der Waals surface area contributed by atoms with Crippen LogP contribution in [0.4, 0.5) is 35.1 Å². The van der Waals surface area contributed by atoms with Crippen LogP contribution in [-0.2, 0) is 12.8 Å². The van der Waals surface area contributed by atoms with Gasteiger partial charge in [-0.3, -0.25) is 0 Å². The molecule has 0 amide bonds. The minimum Gasteiger partial charge on any atom is -0.491 e.